The minimum atomic E-state index is -0.0971. The summed E-state index contributed by atoms with van der Waals surface area (Å²) in [5.41, 5.74) is 4.81. The van der Waals surface area contributed by atoms with Crippen LogP contribution in [0, 0.1) is 13.8 Å². The van der Waals surface area contributed by atoms with Crippen LogP contribution < -0.4 is 9.64 Å². The Labute approximate surface area is 210 Å². The molecular formula is C30H26N2O2S. The van der Waals surface area contributed by atoms with E-state index in [-0.39, 0.29) is 5.91 Å². The van der Waals surface area contributed by atoms with E-state index in [1.807, 2.05) is 93.6 Å². The van der Waals surface area contributed by atoms with Crippen LogP contribution in [0.5, 0.6) is 5.75 Å². The summed E-state index contributed by atoms with van der Waals surface area (Å²) in [6, 6.07) is 28.1. The van der Waals surface area contributed by atoms with Gasteiger partial charge in [0, 0.05) is 5.56 Å². The second-order valence-corrected chi connectivity index (χ2v) is 9.46. The number of rotatable bonds is 5. The van der Waals surface area contributed by atoms with E-state index in [4.69, 9.17) is 9.73 Å². The van der Waals surface area contributed by atoms with Gasteiger partial charge in [0.05, 0.1) is 22.9 Å². The number of aliphatic imine (C=N–C) groups is 1. The molecule has 1 saturated heterocycles. The van der Waals surface area contributed by atoms with Gasteiger partial charge in [0.2, 0.25) is 0 Å². The SMILES string of the molecule is CCOc1ccc2ccccc2c1C=C1SC(=Nc2ccc(C)cc2)N(c2ccc(C)cc2)C1=O. The highest BCUT2D eigenvalue weighted by atomic mass is 32.2. The van der Waals surface area contributed by atoms with E-state index in [0.29, 0.717) is 16.7 Å². The number of benzene rings is 4. The molecule has 0 aliphatic carbocycles. The third kappa shape index (κ3) is 4.73. The van der Waals surface area contributed by atoms with Crippen molar-refractivity contribution >= 4 is 51.1 Å². The summed E-state index contributed by atoms with van der Waals surface area (Å²) in [7, 11) is 0. The molecule has 0 saturated carbocycles. The van der Waals surface area contributed by atoms with Crippen LogP contribution >= 0.6 is 11.8 Å². The first-order valence-corrected chi connectivity index (χ1v) is 12.5. The highest BCUT2D eigenvalue weighted by Gasteiger charge is 2.35. The Morgan fingerprint density at radius 3 is 2.29 bits per heavy atom. The molecule has 0 N–H and O–H groups in total. The molecule has 1 aliphatic heterocycles. The van der Waals surface area contributed by atoms with E-state index in [0.717, 1.165) is 39.0 Å². The van der Waals surface area contributed by atoms with Gasteiger partial charge in [0.25, 0.3) is 5.91 Å². The highest BCUT2D eigenvalue weighted by Crippen LogP contribution is 2.40. The van der Waals surface area contributed by atoms with Gasteiger partial charge in [-0.1, -0.05) is 65.7 Å². The Morgan fingerprint density at radius 2 is 1.57 bits per heavy atom. The van der Waals surface area contributed by atoms with E-state index >= 15 is 0 Å². The maximum Gasteiger partial charge on any atom is 0.271 e. The van der Waals surface area contributed by atoms with Crippen molar-refractivity contribution in [1.82, 2.24) is 0 Å². The van der Waals surface area contributed by atoms with Crippen LogP contribution in [0.3, 0.4) is 0 Å². The summed E-state index contributed by atoms with van der Waals surface area (Å²) in [5.74, 6) is 0.665. The normalized spacial score (nSPS) is 16.0. The number of nitrogens with zero attached hydrogens (tertiary/aromatic N) is 2. The van der Waals surface area contributed by atoms with E-state index in [1.54, 1.807) is 4.90 Å². The summed E-state index contributed by atoms with van der Waals surface area (Å²) in [6.45, 7) is 6.59. The molecule has 4 aromatic carbocycles. The van der Waals surface area contributed by atoms with Gasteiger partial charge in [-0.15, -0.1) is 0 Å². The van der Waals surface area contributed by atoms with Crippen molar-refractivity contribution in [2.24, 2.45) is 4.99 Å². The van der Waals surface area contributed by atoms with Gasteiger partial charge >= 0.3 is 0 Å². The largest absolute Gasteiger partial charge is 0.493 e. The third-order valence-electron chi connectivity index (χ3n) is 5.86. The van der Waals surface area contributed by atoms with Crippen LogP contribution in [0.4, 0.5) is 11.4 Å². The lowest BCUT2D eigenvalue weighted by molar-refractivity contribution is -0.113. The number of hydrogen-bond donors (Lipinski definition) is 0. The Hall–Kier alpha value is -3.83. The predicted molar refractivity (Wildman–Crippen MR) is 148 cm³/mol. The molecule has 0 radical (unpaired) electrons. The van der Waals surface area contributed by atoms with Crippen LogP contribution in [0.1, 0.15) is 23.6 Å². The standard InChI is InChI=1S/C30H26N2O2S/c1-4-34-27-18-13-22-7-5-6-8-25(22)26(27)19-28-29(33)32(24-16-11-21(3)12-17-24)30(35-28)31-23-14-9-20(2)10-15-23/h5-19H,4H2,1-3H3. The first-order valence-electron chi connectivity index (χ1n) is 11.6. The van der Waals surface area contributed by atoms with Crippen LogP contribution in [0.2, 0.25) is 0 Å². The van der Waals surface area contributed by atoms with Crippen molar-refractivity contribution in [2.45, 2.75) is 20.8 Å². The van der Waals surface area contributed by atoms with Crippen LogP contribution in [-0.4, -0.2) is 17.7 Å². The van der Waals surface area contributed by atoms with E-state index in [9.17, 15) is 4.79 Å². The van der Waals surface area contributed by atoms with Crippen molar-refractivity contribution in [3.8, 4) is 5.75 Å². The van der Waals surface area contributed by atoms with Gasteiger partial charge in [-0.05, 0) is 79.7 Å². The number of carbonyl (C=O) groups excluding carboxylic acids is 1. The maximum absolute atomic E-state index is 13.8. The zero-order valence-electron chi connectivity index (χ0n) is 20.0. The van der Waals surface area contributed by atoms with Crippen molar-refractivity contribution in [1.29, 1.82) is 0 Å². The molecule has 5 rings (SSSR count). The molecular weight excluding hydrogens is 452 g/mol. The lowest BCUT2D eigenvalue weighted by Crippen LogP contribution is -2.28. The number of amidine groups is 1. The van der Waals surface area contributed by atoms with Crippen LogP contribution in [0.15, 0.2) is 94.8 Å². The minimum Gasteiger partial charge on any atom is -0.493 e. The zero-order chi connectivity index (χ0) is 24.4. The predicted octanol–water partition coefficient (Wildman–Crippen LogP) is 7.66. The molecule has 4 aromatic rings. The van der Waals surface area contributed by atoms with Gasteiger partial charge in [0.15, 0.2) is 5.17 Å². The Bertz CT molecular complexity index is 1450. The average molecular weight is 479 g/mol. The van der Waals surface area contributed by atoms with Gasteiger partial charge in [-0.25, -0.2) is 4.99 Å². The highest BCUT2D eigenvalue weighted by molar-refractivity contribution is 8.19. The molecule has 5 heteroatoms. The summed E-state index contributed by atoms with van der Waals surface area (Å²) in [6.07, 6.45) is 1.94. The number of ether oxygens (including phenoxy) is 1. The number of hydrogen-bond acceptors (Lipinski definition) is 4. The molecule has 1 amide bonds. The van der Waals surface area contributed by atoms with Gasteiger partial charge in [-0.2, -0.15) is 0 Å². The molecule has 1 aliphatic rings. The van der Waals surface area contributed by atoms with Crippen LogP contribution in [0.25, 0.3) is 16.8 Å². The number of aryl methyl sites for hydroxylation is 2. The average Bonchev–Trinajstić information content (AvgIpc) is 3.17. The molecule has 4 nitrogen and oxygen atoms in total. The van der Waals surface area contributed by atoms with Crippen molar-refractivity contribution in [3.63, 3.8) is 0 Å². The van der Waals surface area contributed by atoms with Crippen molar-refractivity contribution < 1.29 is 9.53 Å². The lowest BCUT2D eigenvalue weighted by atomic mass is 10.0. The lowest BCUT2D eigenvalue weighted by Gasteiger charge is -2.16. The van der Waals surface area contributed by atoms with E-state index in [1.165, 1.54) is 17.3 Å². The second kappa shape index (κ2) is 9.80. The molecule has 174 valence electrons. The smallest absolute Gasteiger partial charge is 0.271 e. The number of carbonyl (C=O) groups is 1. The van der Waals surface area contributed by atoms with Gasteiger partial charge in [0.1, 0.15) is 5.75 Å². The molecule has 0 aromatic heterocycles. The first-order chi connectivity index (χ1) is 17.0. The van der Waals surface area contributed by atoms with E-state index in [2.05, 4.69) is 18.2 Å². The molecule has 0 bridgehead atoms. The van der Waals surface area contributed by atoms with Gasteiger partial charge < -0.3 is 4.74 Å². The molecule has 0 spiro atoms. The summed E-state index contributed by atoms with van der Waals surface area (Å²) < 4.78 is 5.94. The zero-order valence-corrected chi connectivity index (χ0v) is 20.8. The first kappa shape index (κ1) is 22.9. The van der Waals surface area contributed by atoms with E-state index < -0.39 is 0 Å². The fraction of sp³-hybridized carbons (Fsp3) is 0.133. The topological polar surface area (TPSA) is 41.9 Å². The second-order valence-electron chi connectivity index (χ2n) is 8.45. The monoisotopic (exact) mass is 478 g/mol. The quantitative estimate of drug-likeness (QED) is 0.276. The number of fused-ring (bicyclic) bond motifs is 1. The molecule has 1 fully saturated rings. The fourth-order valence-corrected chi connectivity index (χ4v) is 5.02. The number of thioether (sulfide) groups is 1. The van der Waals surface area contributed by atoms with Gasteiger partial charge in [-0.3, -0.25) is 9.69 Å². The third-order valence-corrected chi connectivity index (χ3v) is 6.83. The number of amides is 1. The Balaban J connectivity index is 1.64. The number of anilines is 1. The van der Waals surface area contributed by atoms with Crippen molar-refractivity contribution in [2.75, 3.05) is 11.5 Å². The molecule has 0 atom stereocenters. The Morgan fingerprint density at radius 1 is 0.886 bits per heavy atom. The molecule has 0 unspecified atom stereocenters. The Kier molecular flexibility index (Phi) is 6.43. The molecule has 1 heterocycles. The van der Waals surface area contributed by atoms with Crippen molar-refractivity contribution in [3.05, 3.63) is 107 Å². The summed E-state index contributed by atoms with van der Waals surface area (Å²) >= 11 is 1.39. The summed E-state index contributed by atoms with van der Waals surface area (Å²) in [5, 5.41) is 2.78. The van der Waals surface area contributed by atoms with Crippen LogP contribution in [-0.2, 0) is 4.79 Å². The summed E-state index contributed by atoms with van der Waals surface area (Å²) in [4.78, 5) is 20.9. The fourth-order valence-electron chi connectivity index (χ4n) is 4.04. The maximum atomic E-state index is 13.8. The minimum absolute atomic E-state index is 0.0971. The molecule has 35 heavy (non-hydrogen) atoms.